The number of phenolic OH excluding ortho intramolecular Hbond substituents is 1. The fourth-order valence-electron chi connectivity index (χ4n) is 1.04. The lowest BCUT2D eigenvalue weighted by Crippen LogP contribution is -2.11. The van der Waals surface area contributed by atoms with Crippen LogP contribution in [0.3, 0.4) is 0 Å². The maximum absolute atomic E-state index is 9.37. The summed E-state index contributed by atoms with van der Waals surface area (Å²) in [5, 5.41) is 9.37. The number of benzene rings is 1. The molecule has 0 aliphatic heterocycles. The molecular weight excluding hydrogens is 170 g/mol. The average Bonchev–Trinajstić information content (AvgIpc) is 1.96. The second kappa shape index (κ2) is 3.54. The molecule has 0 spiro atoms. The predicted molar refractivity (Wildman–Crippen MR) is 53.3 cm³/mol. The van der Waals surface area contributed by atoms with E-state index < -0.39 is 0 Å². The van der Waals surface area contributed by atoms with E-state index in [4.69, 9.17) is 18.0 Å². The maximum atomic E-state index is 9.37. The van der Waals surface area contributed by atoms with Crippen LogP contribution in [0.2, 0.25) is 0 Å². The molecule has 3 heteroatoms. The molecule has 0 saturated carbocycles. The van der Waals surface area contributed by atoms with Crippen LogP contribution in [0.1, 0.15) is 11.1 Å². The van der Waals surface area contributed by atoms with Gasteiger partial charge in [-0.15, -0.1) is 0 Å². The van der Waals surface area contributed by atoms with Crippen molar-refractivity contribution >= 4 is 17.2 Å². The van der Waals surface area contributed by atoms with Gasteiger partial charge in [0.2, 0.25) is 0 Å². The van der Waals surface area contributed by atoms with Crippen LogP contribution in [0.15, 0.2) is 18.2 Å². The minimum Gasteiger partial charge on any atom is -0.508 e. The first-order chi connectivity index (χ1) is 5.59. The molecule has 0 aromatic heterocycles. The van der Waals surface area contributed by atoms with Crippen LogP contribution in [-0.4, -0.2) is 10.1 Å². The predicted octanol–water partition coefficient (Wildman–Crippen LogP) is 1.53. The first kappa shape index (κ1) is 9.00. The van der Waals surface area contributed by atoms with Gasteiger partial charge in [0.15, 0.2) is 0 Å². The first-order valence-corrected chi connectivity index (χ1v) is 4.07. The SMILES string of the molecule is Cc1ccc(O)c(CC(N)=S)c1. The zero-order valence-electron chi connectivity index (χ0n) is 6.87. The van der Waals surface area contributed by atoms with Gasteiger partial charge in [-0.3, -0.25) is 0 Å². The summed E-state index contributed by atoms with van der Waals surface area (Å²) in [6.07, 6.45) is 0.461. The summed E-state index contributed by atoms with van der Waals surface area (Å²) in [6.45, 7) is 1.96. The van der Waals surface area contributed by atoms with Crippen molar-refractivity contribution in [3.05, 3.63) is 29.3 Å². The van der Waals surface area contributed by atoms with Crippen LogP contribution >= 0.6 is 12.2 Å². The molecule has 1 aromatic carbocycles. The molecule has 2 nitrogen and oxygen atoms in total. The molecule has 64 valence electrons. The Morgan fingerprint density at radius 2 is 2.25 bits per heavy atom. The summed E-state index contributed by atoms with van der Waals surface area (Å²) in [6, 6.07) is 5.38. The molecule has 0 unspecified atom stereocenters. The highest BCUT2D eigenvalue weighted by atomic mass is 32.1. The minimum absolute atomic E-state index is 0.258. The normalized spacial score (nSPS) is 9.75. The number of aromatic hydroxyl groups is 1. The molecular formula is C9H11NOS. The highest BCUT2D eigenvalue weighted by Crippen LogP contribution is 2.18. The van der Waals surface area contributed by atoms with Crippen molar-refractivity contribution < 1.29 is 5.11 Å². The van der Waals surface area contributed by atoms with Gasteiger partial charge >= 0.3 is 0 Å². The molecule has 0 fully saturated rings. The fourth-order valence-corrected chi connectivity index (χ4v) is 1.20. The average molecular weight is 181 g/mol. The third-order valence-electron chi connectivity index (χ3n) is 1.60. The van der Waals surface area contributed by atoms with E-state index in [1.54, 1.807) is 6.07 Å². The molecule has 0 aliphatic carbocycles. The monoisotopic (exact) mass is 181 g/mol. The van der Waals surface area contributed by atoms with E-state index in [2.05, 4.69) is 0 Å². The van der Waals surface area contributed by atoms with E-state index in [1.807, 2.05) is 19.1 Å². The van der Waals surface area contributed by atoms with Gasteiger partial charge in [-0.05, 0) is 13.0 Å². The highest BCUT2D eigenvalue weighted by molar-refractivity contribution is 7.80. The molecule has 0 bridgehead atoms. The first-order valence-electron chi connectivity index (χ1n) is 3.66. The second-order valence-corrected chi connectivity index (χ2v) is 3.30. The summed E-state index contributed by atoms with van der Waals surface area (Å²) in [5.74, 6) is 0.258. The van der Waals surface area contributed by atoms with E-state index in [1.165, 1.54) is 0 Å². The fraction of sp³-hybridized carbons (Fsp3) is 0.222. The van der Waals surface area contributed by atoms with Crippen LogP contribution in [0.5, 0.6) is 5.75 Å². The van der Waals surface area contributed by atoms with Gasteiger partial charge in [0.25, 0.3) is 0 Å². The number of thiocarbonyl (C=S) groups is 1. The van der Waals surface area contributed by atoms with E-state index in [9.17, 15) is 5.11 Å². The summed E-state index contributed by atoms with van der Waals surface area (Å²) < 4.78 is 0. The van der Waals surface area contributed by atoms with Crippen molar-refractivity contribution in [3.8, 4) is 5.75 Å². The molecule has 0 heterocycles. The third-order valence-corrected chi connectivity index (χ3v) is 1.74. The van der Waals surface area contributed by atoms with Crippen LogP contribution in [0, 0.1) is 6.92 Å². The van der Waals surface area contributed by atoms with Crippen molar-refractivity contribution in [2.24, 2.45) is 5.73 Å². The maximum Gasteiger partial charge on any atom is 0.119 e. The van der Waals surface area contributed by atoms with Crippen molar-refractivity contribution in [1.29, 1.82) is 0 Å². The van der Waals surface area contributed by atoms with Crippen molar-refractivity contribution in [3.63, 3.8) is 0 Å². The highest BCUT2D eigenvalue weighted by Gasteiger charge is 2.01. The zero-order valence-corrected chi connectivity index (χ0v) is 7.69. The van der Waals surface area contributed by atoms with Crippen molar-refractivity contribution in [2.75, 3.05) is 0 Å². The Balaban J connectivity index is 2.97. The molecule has 0 amide bonds. The van der Waals surface area contributed by atoms with Crippen LogP contribution in [0.4, 0.5) is 0 Å². The van der Waals surface area contributed by atoms with Gasteiger partial charge in [0.05, 0.1) is 4.99 Å². The van der Waals surface area contributed by atoms with E-state index in [0.717, 1.165) is 11.1 Å². The summed E-state index contributed by atoms with van der Waals surface area (Å²) in [7, 11) is 0. The number of hydrogen-bond acceptors (Lipinski definition) is 2. The van der Waals surface area contributed by atoms with Crippen molar-refractivity contribution in [1.82, 2.24) is 0 Å². The number of rotatable bonds is 2. The van der Waals surface area contributed by atoms with Crippen LogP contribution in [-0.2, 0) is 6.42 Å². The van der Waals surface area contributed by atoms with Gasteiger partial charge in [0.1, 0.15) is 5.75 Å². The lowest BCUT2D eigenvalue weighted by atomic mass is 10.1. The summed E-state index contributed by atoms with van der Waals surface area (Å²) >= 11 is 4.75. The smallest absolute Gasteiger partial charge is 0.119 e. The van der Waals surface area contributed by atoms with Gasteiger partial charge in [-0.25, -0.2) is 0 Å². The van der Waals surface area contributed by atoms with Gasteiger partial charge in [-0.2, -0.15) is 0 Å². The molecule has 0 aliphatic rings. The number of hydrogen-bond donors (Lipinski definition) is 2. The van der Waals surface area contributed by atoms with E-state index in [0.29, 0.717) is 11.4 Å². The van der Waals surface area contributed by atoms with Crippen LogP contribution in [0.25, 0.3) is 0 Å². The number of aryl methyl sites for hydroxylation is 1. The zero-order chi connectivity index (χ0) is 9.14. The molecule has 0 radical (unpaired) electrons. The van der Waals surface area contributed by atoms with Crippen molar-refractivity contribution in [2.45, 2.75) is 13.3 Å². The molecule has 3 N–H and O–H groups in total. The molecule has 0 atom stereocenters. The molecule has 0 saturated heterocycles. The number of phenols is 1. The minimum atomic E-state index is 0.258. The molecule has 12 heavy (non-hydrogen) atoms. The Morgan fingerprint density at radius 1 is 1.58 bits per heavy atom. The Kier molecular flexibility index (Phi) is 2.65. The lowest BCUT2D eigenvalue weighted by Gasteiger charge is -2.03. The summed E-state index contributed by atoms with van der Waals surface area (Å²) in [4.78, 5) is 0.399. The van der Waals surface area contributed by atoms with Gasteiger partial charge in [0, 0.05) is 12.0 Å². The summed E-state index contributed by atoms with van der Waals surface area (Å²) in [5.41, 5.74) is 7.25. The van der Waals surface area contributed by atoms with Gasteiger partial charge in [-0.1, -0.05) is 29.9 Å². The Labute approximate surface area is 77.0 Å². The lowest BCUT2D eigenvalue weighted by molar-refractivity contribution is 0.470. The van der Waals surface area contributed by atoms with Crippen LogP contribution < -0.4 is 5.73 Å². The third kappa shape index (κ3) is 2.20. The van der Waals surface area contributed by atoms with E-state index in [-0.39, 0.29) is 5.75 Å². The Hall–Kier alpha value is -1.09. The number of nitrogens with two attached hydrogens (primary N) is 1. The Morgan fingerprint density at radius 3 is 2.83 bits per heavy atom. The van der Waals surface area contributed by atoms with E-state index >= 15 is 0 Å². The molecule has 1 rings (SSSR count). The topological polar surface area (TPSA) is 46.2 Å². The quantitative estimate of drug-likeness (QED) is 0.680. The Bertz CT molecular complexity index is 309. The van der Waals surface area contributed by atoms with Gasteiger partial charge < -0.3 is 10.8 Å². The standard InChI is InChI=1S/C9H11NOS/c1-6-2-3-8(11)7(4-6)5-9(10)12/h2-4,11H,5H2,1H3,(H2,10,12). The molecule has 1 aromatic rings. The second-order valence-electron chi connectivity index (χ2n) is 2.78. The largest absolute Gasteiger partial charge is 0.508 e.